The lowest BCUT2D eigenvalue weighted by Crippen LogP contribution is -2.53. The van der Waals surface area contributed by atoms with Crippen molar-refractivity contribution in [1.29, 1.82) is 0 Å². The molecule has 4 N–H and O–H groups in total. The van der Waals surface area contributed by atoms with Crippen LogP contribution in [0.3, 0.4) is 0 Å². The van der Waals surface area contributed by atoms with Gasteiger partial charge in [-0.05, 0) is 71.0 Å². The topological polar surface area (TPSA) is 173 Å². The Morgan fingerprint density at radius 2 is 1.38 bits per heavy atom. The van der Waals surface area contributed by atoms with E-state index in [4.69, 9.17) is 14.2 Å². The molecule has 0 aliphatic rings. The van der Waals surface area contributed by atoms with Gasteiger partial charge < -0.3 is 35.3 Å². The molecule has 4 aromatic rings. The molecule has 0 aromatic heterocycles. The van der Waals surface area contributed by atoms with E-state index >= 15 is 0 Å². The third-order valence-electron chi connectivity index (χ3n) is 11.9. The molecule has 3 amide bonds. The monoisotopic (exact) mass is 914 g/mol. The molecule has 0 aliphatic carbocycles. The number of amides is 3. The Kier molecular flexibility index (Phi) is 21.1. The van der Waals surface area contributed by atoms with Crippen molar-refractivity contribution in [2.45, 2.75) is 97.2 Å². The highest BCUT2D eigenvalue weighted by molar-refractivity contribution is 7.92. The highest BCUT2D eigenvalue weighted by atomic mass is 32.2. The van der Waals surface area contributed by atoms with Crippen LogP contribution in [0, 0.1) is 17.8 Å². The number of nitrogens with one attached hydrogen (secondary N) is 3. The van der Waals surface area contributed by atoms with E-state index in [0.29, 0.717) is 31.6 Å². The number of aliphatic hydroxyl groups excluding tert-OH is 1. The van der Waals surface area contributed by atoms with Gasteiger partial charge in [0.1, 0.15) is 6.04 Å². The van der Waals surface area contributed by atoms with Crippen molar-refractivity contribution in [2.24, 2.45) is 17.8 Å². The van der Waals surface area contributed by atoms with Gasteiger partial charge in [0.25, 0.3) is 5.91 Å². The predicted octanol–water partition coefficient (Wildman–Crippen LogP) is 7.17. The van der Waals surface area contributed by atoms with Gasteiger partial charge in [0, 0.05) is 32.2 Å². The summed E-state index contributed by atoms with van der Waals surface area (Å²) in [6.07, 6.45) is 0.349. The van der Waals surface area contributed by atoms with Crippen LogP contribution in [-0.2, 0) is 47.0 Å². The number of methoxy groups -OCH3 is 1. The van der Waals surface area contributed by atoms with E-state index in [1.54, 1.807) is 19.2 Å². The van der Waals surface area contributed by atoms with Crippen LogP contribution in [0.5, 0.6) is 0 Å². The van der Waals surface area contributed by atoms with E-state index in [1.807, 2.05) is 119 Å². The van der Waals surface area contributed by atoms with Gasteiger partial charge >= 0.3 is 0 Å². The minimum Gasteiger partial charge on any atom is -0.391 e. The van der Waals surface area contributed by atoms with E-state index in [9.17, 15) is 27.9 Å². The van der Waals surface area contributed by atoms with Crippen LogP contribution >= 0.6 is 0 Å². The van der Waals surface area contributed by atoms with Crippen LogP contribution in [0.4, 0.5) is 5.69 Å². The van der Waals surface area contributed by atoms with Crippen LogP contribution in [0.15, 0.2) is 109 Å². The van der Waals surface area contributed by atoms with Crippen LogP contribution < -0.4 is 20.3 Å². The maximum Gasteiger partial charge on any atom is 0.251 e. The number of anilines is 1. The van der Waals surface area contributed by atoms with Gasteiger partial charge in [-0.3, -0.25) is 18.7 Å². The SMILES string of the molecule is CCC(C)[C@H](NC(=O)[C@@H](C[C@H](O)[C@H](COCc1ccccc1)NC(=O)c1cc(C(C[C@@H](C)c2ccccc2)OCCOC)cc(N(C)S(C)(=O)=O)c1)C(C)C)C(=O)NCc1ccccc1. The van der Waals surface area contributed by atoms with Crippen LogP contribution in [0.1, 0.15) is 98.5 Å². The fourth-order valence-electron chi connectivity index (χ4n) is 7.48. The van der Waals surface area contributed by atoms with E-state index < -0.39 is 46.1 Å². The molecular weight excluding hydrogens is 845 g/mol. The number of hydrogen-bond acceptors (Lipinski definition) is 9. The second kappa shape index (κ2) is 26.1. The number of rotatable bonds is 27. The Bertz CT molecular complexity index is 2180. The van der Waals surface area contributed by atoms with Crippen molar-refractivity contribution >= 4 is 33.4 Å². The summed E-state index contributed by atoms with van der Waals surface area (Å²) in [7, 11) is -0.753. The number of nitrogens with zero attached hydrogens (tertiary/aromatic N) is 1. The first-order valence-corrected chi connectivity index (χ1v) is 24.3. The quantitative estimate of drug-likeness (QED) is 0.0453. The molecule has 7 atom stereocenters. The Morgan fingerprint density at radius 1 is 0.769 bits per heavy atom. The van der Waals surface area contributed by atoms with Gasteiger partial charge in [-0.2, -0.15) is 0 Å². The zero-order valence-corrected chi connectivity index (χ0v) is 40.1. The summed E-state index contributed by atoms with van der Waals surface area (Å²) < 4.78 is 44.7. The maximum atomic E-state index is 14.5. The highest BCUT2D eigenvalue weighted by Crippen LogP contribution is 2.34. The van der Waals surface area contributed by atoms with E-state index in [0.717, 1.165) is 27.3 Å². The fraction of sp³-hybridized carbons (Fsp3) is 0.471. The minimum atomic E-state index is -3.75. The van der Waals surface area contributed by atoms with Crippen LogP contribution in [-0.4, -0.2) is 89.7 Å². The molecule has 65 heavy (non-hydrogen) atoms. The molecule has 0 spiro atoms. The van der Waals surface area contributed by atoms with E-state index in [1.165, 1.54) is 13.1 Å². The van der Waals surface area contributed by atoms with Gasteiger partial charge in [-0.25, -0.2) is 8.42 Å². The number of aliphatic hydroxyl groups is 1. The molecule has 0 saturated heterocycles. The lowest BCUT2D eigenvalue weighted by Gasteiger charge is -2.31. The second-order valence-corrected chi connectivity index (χ2v) is 19.3. The Labute approximate surface area is 386 Å². The number of carbonyl (C=O) groups is 3. The molecule has 0 aliphatic heterocycles. The second-order valence-electron chi connectivity index (χ2n) is 17.3. The first-order chi connectivity index (χ1) is 31.0. The predicted molar refractivity (Wildman–Crippen MR) is 256 cm³/mol. The largest absolute Gasteiger partial charge is 0.391 e. The first kappa shape index (κ1) is 52.5. The molecule has 0 fully saturated rings. The molecule has 0 bridgehead atoms. The summed E-state index contributed by atoms with van der Waals surface area (Å²) in [6, 6.07) is 32.0. The Morgan fingerprint density at radius 3 is 1.97 bits per heavy atom. The summed E-state index contributed by atoms with van der Waals surface area (Å²) in [6.45, 7) is 10.7. The van der Waals surface area contributed by atoms with Crippen molar-refractivity contribution in [3.8, 4) is 0 Å². The number of carbonyl (C=O) groups excluding carboxylic acids is 3. The maximum absolute atomic E-state index is 14.5. The van der Waals surface area contributed by atoms with Crippen LogP contribution in [0.25, 0.3) is 0 Å². The van der Waals surface area contributed by atoms with E-state index in [2.05, 4.69) is 22.9 Å². The Hall–Kier alpha value is -5.12. The molecule has 4 aromatic carbocycles. The smallest absolute Gasteiger partial charge is 0.251 e. The van der Waals surface area contributed by atoms with Gasteiger partial charge in [-0.15, -0.1) is 0 Å². The first-order valence-electron chi connectivity index (χ1n) is 22.5. The average Bonchev–Trinajstić information content (AvgIpc) is 3.30. The Balaban J connectivity index is 1.65. The lowest BCUT2D eigenvalue weighted by atomic mass is 9.86. The molecule has 14 heteroatoms. The van der Waals surface area contributed by atoms with E-state index in [-0.39, 0.29) is 67.1 Å². The van der Waals surface area contributed by atoms with Gasteiger partial charge in [0.15, 0.2) is 0 Å². The standard InChI is InChI=1S/C51H70N4O9S/c1-9-36(4)48(51(59)52-32-38-19-13-10-14-20-38)54-50(58)44(35(2)3)31-46(56)45(34-63-33-39-21-15-11-16-22-39)53-49(57)42-28-41(29-43(30-42)55(6)65(8,60)61)47(64-26-25-62-7)27-37(5)40-23-17-12-18-24-40/h10-24,28-30,35-37,44-48,56H,9,25-27,31-34H2,1-8H3,(H,52,59)(H,53,57)(H,54,58)/t36?,37-,44+,45+,46+,47?,48+/m1/s1. The van der Waals surface area contributed by atoms with Crippen molar-refractivity contribution in [3.63, 3.8) is 0 Å². The van der Waals surface area contributed by atoms with Gasteiger partial charge in [-0.1, -0.05) is 132 Å². The number of hydrogen-bond donors (Lipinski definition) is 4. The molecule has 0 radical (unpaired) electrons. The van der Waals surface area contributed by atoms with Crippen molar-refractivity contribution in [2.75, 3.05) is 44.5 Å². The zero-order valence-electron chi connectivity index (χ0n) is 39.2. The summed E-state index contributed by atoms with van der Waals surface area (Å²) >= 11 is 0. The summed E-state index contributed by atoms with van der Waals surface area (Å²) in [5.41, 5.74) is 3.88. The van der Waals surface area contributed by atoms with Gasteiger partial charge in [0.05, 0.1) is 56.6 Å². The molecule has 0 saturated carbocycles. The number of benzene rings is 4. The lowest BCUT2D eigenvalue weighted by molar-refractivity contribution is -0.134. The summed E-state index contributed by atoms with van der Waals surface area (Å²) in [5, 5.41) is 21.0. The third kappa shape index (κ3) is 16.7. The van der Waals surface area contributed by atoms with Gasteiger partial charge in [0.2, 0.25) is 21.8 Å². The molecule has 13 nitrogen and oxygen atoms in total. The third-order valence-corrected chi connectivity index (χ3v) is 13.1. The van der Waals surface area contributed by atoms with Crippen molar-refractivity contribution in [1.82, 2.24) is 16.0 Å². The molecule has 2 unspecified atom stereocenters. The fourth-order valence-corrected chi connectivity index (χ4v) is 7.97. The molecule has 0 heterocycles. The minimum absolute atomic E-state index is 0.0360. The average molecular weight is 915 g/mol. The molecule has 354 valence electrons. The summed E-state index contributed by atoms with van der Waals surface area (Å²) in [5.74, 6) is -2.43. The number of ether oxygens (including phenoxy) is 3. The normalized spacial score (nSPS) is 14.9. The summed E-state index contributed by atoms with van der Waals surface area (Å²) in [4.78, 5) is 42.2. The zero-order chi connectivity index (χ0) is 47.5. The van der Waals surface area contributed by atoms with Crippen molar-refractivity contribution in [3.05, 3.63) is 137 Å². The molecular formula is C51H70N4O9S. The van der Waals surface area contributed by atoms with Crippen molar-refractivity contribution < 1.29 is 42.1 Å². The molecule has 4 rings (SSSR count). The number of sulfonamides is 1. The highest BCUT2D eigenvalue weighted by Gasteiger charge is 2.34. The van der Waals surface area contributed by atoms with Crippen LogP contribution in [0.2, 0.25) is 0 Å².